The maximum Gasteiger partial charge on any atom is 0.251 e. The number of carbonyl (C=O) groups excluding carboxylic acids is 1. The number of hydrogen-bond acceptors (Lipinski definition) is 3. The van der Waals surface area contributed by atoms with E-state index in [1.54, 1.807) is 0 Å². The first-order chi connectivity index (χ1) is 9.21. The molecule has 1 rings (SSSR count). The molecule has 0 fully saturated rings. The highest BCUT2D eigenvalue weighted by Crippen LogP contribution is 2.21. The molecule has 0 aliphatic rings. The third-order valence-corrected chi connectivity index (χ3v) is 3.35. The van der Waals surface area contributed by atoms with Crippen LogP contribution in [0, 0.1) is 5.41 Å². The topological polar surface area (TPSA) is 52.6 Å². The molecule has 0 aliphatic carbocycles. The Morgan fingerprint density at radius 2 is 1.80 bits per heavy atom. The van der Waals surface area contributed by atoms with Crippen molar-refractivity contribution < 1.29 is 9.90 Å². The van der Waals surface area contributed by atoms with Gasteiger partial charge in [0.1, 0.15) is 0 Å². The quantitative estimate of drug-likeness (QED) is 0.869. The van der Waals surface area contributed by atoms with Gasteiger partial charge in [-0.3, -0.25) is 4.79 Å². The first-order valence-electron chi connectivity index (χ1n) is 6.95. The number of benzene rings is 1. The van der Waals surface area contributed by atoms with Crippen LogP contribution in [-0.4, -0.2) is 37.8 Å². The molecule has 1 amide bonds. The lowest BCUT2D eigenvalue weighted by atomic mass is 9.87. The zero-order chi connectivity index (χ0) is 15.3. The zero-order valence-corrected chi connectivity index (χ0v) is 13.1. The summed E-state index contributed by atoms with van der Waals surface area (Å²) in [6.07, 6.45) is 0.143. The summed E-state index contributed by atoms with van der Waals surface area (Å²) in [6.45, 7) is 6.44. The second-order valence-corrected chi connectivity index (χ2v) is 6.37. The second-order valence-electron chi connectivity index (χ2n) is 6.37. The third-order valence-electron chi connectivity index (χ3n) is 3.35. The van der Waals surface area contributed by atoms with Crippen LogP contribution in [-0.2, 0) is 0 Å². The molecular formula is C16H26N2O2. The molecule has 0 aromatic heterocycles. The van der Waals surface area contributed by atoms with Gasteiger partial charge in [0.2, 0.25) is 0 Å². The molecule has 0 saturated carbocycles. The van der Waals surface area contributed by atoms with Crippen LogP contribution in [0.15, 0.2) is 24.3 Å². The number of aliphatic hydroxyl groups is 1. The summed E-state index contributed by atoms with van der Waals surface area (Å²) in [5.41, 5.74) is 1.54. The Morgan fingerprint density at radius 3 is 2.25 bits per heavy atom. The largest absolute Gasteiger partial charge is 0.393 e. The van der Waals surface area contributed by atoms with Crippen molar-refractivity contribution in [2.75, 3.05) is 25.5 Å². The highest BCUT2D eigenvalue weighted by atomic mass is 16.3. The SMILES string of the molecule is CN(C)c1ccc(C(=O)NCCC(O)C(C)(C)C)cc1. The first-order valence-corrected chi connectivity index (χ1v) is 6.95. The minimum Gasteiger partial charge on any atom is -0.393 e. The van der Waals surface area contributed by atoms with Gasteiger partial charge in [-0.15, -0.1) is 0 Å². The Morgan fingerprint density at radius 1 is 1.25 bits per heavy atom. The average molecular weight is 278 g/mol. The van der Waals surface area contributed by atoms with Crippen molar-refractivity contribution in [2.45, 2.75) is 33.3 Å². The summed E-state index contributed by atoms with van der Waals surface area (Å²) >= 11 is 0. The molecule has 0 bridgehead atoms. The van der Waals surface area contributed by atoms with E-state index in [2.05, 4.69) is 5.32 Å². The van der Waals surface area contributed by atoms with Crippen LogP contribution in [0.3, 0.4) is 0 Å². The normalized spacial score (nSPS) is 12.9. The molecule has 4 nitrogen and oxygen atoms in total. The van der Waals surface area contributed by atoms with Gasteiger partial charge in [-0.05, 0) is 36.1 Å². The fourth-order valence-electron chi connectivity index (χ4n) is 1.77. The highest BCUT2D eigenvalue weighted by Gasteiger charge is 2.21. The molecule has 20 heavy (non-hydrogen) atoms. The molecule has 0 spiro atoms. The molecule has 0 heterocycles. The molecule has 0 saturated heterocycles. The Hall–Kier alpha value is -1.55. The minimum absolute atomic E-state index is 0.101. The molecular weight excluding hydrogens is 252 g/mol. The molecule has 1 aromatic rings. The van der Waals surface area contributed by atoms with Gasteiger partial charge in [-0.25, -0.2) is 0 Å². The van der Waals surface area contributed by atoms with E-state index in [9.17, 15) is 9.90 Å². The van der Waals surface area contributed by atoms with Gasteiger partial charge < -0.3 is 15.3 Å². The number of nitrogens with zero attached hydrogens (tertiary/aromatic N) is 1. The van der Waals surface area contributed by atoms with Gasteiger partial charge in [-0.2, -0.15) is 0 Å². The predicted molar refractivity (Wildman–Crippen MR) is 83.2 cm³/mol. The molecule has 1 atom stereocenters. The van der Waals surface area contributed by atoms with Gasteiger partial charge >= 0.3 is 0 Å². The van der Waals surface area contributed by atoms with Crippen molar-refractivity contribution in [1.82, 2.24) is 5.32 Å². The summed E-state index contributed by atoms with van der Waals surface area (Å²) < 4.78 is 0. The lowest BCUT2D eigenvalue weighted by molar-refractivity contribution is 0.0551. The Bertz CT molecular complexity index is 433. The molecule has 2 N–H and O–H groups in total. The number of anilines is 1. The molecule has 0 aliphatic heterocycles. The van der Waals surface area contributed by atoms with Crippen molar-refractivity contribution in [3.05, 3.63) is 29.8 Å². The van der Waals surface area contributed by atoms with Crippen LogP contribution >= 0.6 is 0 Å². The van der Waals surface area contributed by atoms with Crippen LogP contribution in [0.1, 0.15) is 37.6 Å². The zero-order valence-electron chi connectivity index (χ0n) is 13.1. The van der Waals surface area contributed by atoms with E-state index in [-0.39, 0.29) is 11.3 Å². The Kier molecular flexibility index (Phi) is 5.57. The standard InChI is InChI=1S/C16H26N2O2/c1-16(2,3)14(19)10-11-17-15(20)12-6-8-13(9-7-12)18(4)5/h6-9,14,19H,10-11H2,1-5H3,(H,17,20). The summed E-state index contributed by atoms with van der Waals surface area (Å²) in [7, 11) is 3.92. The fraction of sp³-hybridized carbons (Fsp3) is 0.562. The molecule has 1 aromatic carbocycles. The van der Waals surface area contributed by atoms with Gasteiger partial charge in [0.15, 0.2) is 0 Å². The van der Waals surface area contributed by atoms with E-state index in [0.29, 0.717) is 18.5 Å². The maximum absolute atomic E-state index is 12.0. The number of aliphatic hydroxyl groups excluding tert-OH is 1. The van der Waals surface area contributed by atoms with Crippen molar-refractivity contribution >= 4 is 11.6 Å². The van der Waals surface area contributed by atoms with Crippen molar-refractivity contribution in [3.63, 3.8) is 0 Å². The summed E-state index contributed by atoms with van der Waals surface area (Å²) in [4.78, 5) is 13.9. The van der Waals surface area contributed by atoms with E-state index in [1.807, 2.05) is 64.0 Å². The maximum atomic E-state index is 12.0. The number of hydrogen-bond donors (Lipinski definition) is 2. The van der Waals surface area contributed by atoms with Gasteiger partial charge in [0.05, 0.1) is 6.10 Å². The smallest absolute Gasteiger partial charge is 0.251 e. The molecule has 4 heteroatoms. The summed E-state index contributed by atoms with van der Waals surface area (Å²) in [6, 6.07) is 7.45. The number of carbonyl (C=O) groups is 1. The molecule has 0 radical (unpaired) electrons. The average Bonchev–Trinajstić information content (AvgIpc) is 2.37. The fourth-order valence-corrected chi connectivity index (χ4v) is 1.77. The van der Waals surface area contributed by atoms with E-state index in [1.165, 1.54) is 0 Å². The Balaban J connectivity index is 2.47. The summed E-state index contributed by atoms with van der Waals surface area (Å²) in [5.74, 6) is -0.101. The Labute approximate surface area is 121 Å². The van der Waals surface area contributed by atoms with Crippen LogP contribution < -0.4 is 10.2 Å². The van der Waals surface area contributed by atoms with Gasteiger partial charge in [-0.1, -0.05) is 20.8 Å². The lowest BCUT2D eigenvalue weighted by Crippen LogP contribution is -2.32. The minimum atomic E-state index is -0.418. The van der Waals surface area contributed by atoms with Crippen molar-refractivity contribution in [2.24, 2.45) is 5.41 Å². The van der Waals surface area contributed by atoms with Gasteiger partial charge in [0.25, 0.3) is 5.91 Å². The van der Waals surface area contributed by atoms with E-state index >= 15 is 0 Å². The van der Waals surface area contributed by atoms with E-state index in [4.69, 9.17) is 0 Å². The number of amides is 1. The van der Waals surface area contributed by atoms with Crippen LogP contribution in [0.25, 0.3) is 0 Å². The van der Waals surface area contributed by atoms with E-state index < -0.39 is 6.10 Å². The van der Waals surface area contributed by atoms with Crippen LogP contribution in [0.5, 0.6) is 0 Å². The van der Waals surface area contributed by atoms with Crippen LogP contribution in [0.4, 0.5) is 5.69 Å². The number of rotatable bonds is 5. The van der Waals surface area contributed by atoms with Crippen molar-refractivity contribution in [1.29, 1.82) is 0 Å². The lowest BCUT2D eigenvalue weighted by Gasteiger charge is -2.25. The van der Waals surface area contributed by atoms with Crippen molar-refractivity contribution in [3.8, 4) is 0 Å². The third kappa shape index (κ3) is 4.85. The predicted octanol–water partition coefficient (Wildman–Crippen LogP) is 2.28. The molecule has 112 valence electrons. The number of nitrogens with one attached hydrogen (secondary N) is 1. The highest BCUT2D eigenvalue weighted by molar-refractivity contribution is 5.94. The van der Waals surface area contributed by atoms with E-state index in [0.717, 1.165) is 5.69 Å². The monoisotopic (exact) mass is 278 g/mol. The van der Waals surface area contributed by atoms with Gasteiger partial charge in [0, 0.05) is 31.9 Å². The second kappa shape index (κ2) is 6.75. The van der Waals surface area contributed by atoms with Crippen LogP contribution in [0.2, 0.25) is 0 Å². The molecule has 1 unspecified atom stereocenters. The first kappa shape index (κ1) is 16.5. The summed E-state index contributed by atoms with van der Waals surface area (Å²) in [5, 5.41) is 12.7.